The Kier molecular flexibility index (Phi) is 3.71. The van der Waals surface area contributed by atoms with Crippen LogP contribution < -0.4 is 5.73 Å². The zero-order valence-electron chi connectivity index (χ0n) is 4.78. The predicted octanol–water partition coefficient (Wildman–Crippen LogP) is -1.76. The highest BCUT2D eigenvalue weighted by molar-refractivity contribution is 7.86. The molecule has 0 fully saturated rings. The van der Waals surface area contributed by atoms with Gasteiger partial charge in [0.1, 0.15) is 6.73 Å². The van der Waals surface area contributed by atoms with E-state index in [1.54, 1.807) is 0 Å². The van der Waals surface area contributed by atoms with E-state index in [0.29, 0.717) is 0 Å². The van der Waals surface area contributed by atoms with Crippen molar-refractivity contribution < 1.29 is 17.7 Å². The Morgan fingerprint density at radius 3 is 2.44 bits per heavy atom. The van der Waals surface area contributed by atoms with Gasteiger partial charge in [0.2, 0.25) is 0 Å². The summed E-state index contributed by atoms with van der Waals surface area (Å²) in [7, 11) is -3.56. The van der Waals surface area contributed by atoms with Gasteiger partial charge in [-0.05, 0) is 0 Å². The monoisotopic (exact) mass is 155 g/mol. The van der Waals surface area contributed by atoms with Crippen LogP contribution in [0, 0.1) is 0 Å². The summed E-state index contributed by atoms with van der Waals surface area (Å²) in [4.78, 5) is 0. The molecule has 0 amide bonds. The van der Waals surface area contributed by atoms with Crippen LogP contribution in [-0.4, -0.2) is 32.6 Å². The molecule has 0 aliphatic carbocycles. The molecular formula is C3H9NO4S. The topological polar surface area (TPSA) is 89.6 Å². The van der Waals surface area contributed by atoms with Crippen molar-refractivity contribution in [1.82, 2.24) is 0 Å². The normalized spacial score (nSPS) is 11.8. The third kappa shape index (κ3) is 4.34. The quantitative estimate of drug-likeness (QED) is 0.371. The number of nitrogens with two attached hydrogens (primary N) is 1. The van der Waals surface area contributed by atoms with Gasteiger partial charge < -0.3 is 10.8 Å². The molecule has 0 aliphatic heterocycles. The SMILES string of the molecule is NCOS(=O)(=O)CCO. The number of hydrogen-bond donors (Lipinski definition) is 2. The van der Waals surface area contributed by atoms with Crippen LogP contribution in [-0.2, 0) is 14.3 Å². The lowest BCUT2D eigenvalue weighted by atomic mass is 10.9. The van der Waals surface area contributed by atoms with E-state index in [-0.39, 0.29) is 6.73 Å². The number of aliphatic hydroxyl groups is 1. The predicted molar refractivity (Wildman–Crippen MR) is 31.0 cm³/mol. The van der Waals surface area contributed by atoms with Crippen molar-refractivity contribution in [1.29, 1.82) is 0 Å². The highest BCUT2D eigenvalue weighted by Gasteiger charge is 2.07. The summed E-state index contributed by atoms with van der Waals surface area (Å²) < 4.78 is 24.8. The highest BCUT2D eigenvalue weighted by Crippen LogP contribution is 1.88. The van der Waals surface area contributed by atoms with Crippen LogP contribution >= 0.6 is 0 Å². The molecule has 0 aliphatic rings. The van der Waals surface area contributed by atoms with Gasteiger partial charge in [0.05, 0.1) is 12.4 Å². The van der Waals surface area contributed by atoms with Crippen molar-refractivity contribution >= 4 is 10.1 Å². The van der Waals surface area contributed by atoms with Gasteiger partial charge >= 0.3 is 0 Å². The summed E-state index contributed by atoms with van der Waals surface area (Å²) in [5.41, 5.74) is 4.76. The lowest BCUT2D eigenvalue weighted by molar-refractivity contribution is 0.295. The first-order chi connectivity index (χ1) is 4.12. The fourth-order valence-electron chi connectivity index (χ4n) is 0.274. The van der Waals surface area contributed by atoms with Crippen molar-refractivity contribution in [3.05, 3.63) is 0 Å². The molecular weight excluding hydrogens is 146 g/mol. The van der Waals surface area contributed by atoms with Crippen molar-refractivity contribution in [2.45, 2.75) is 0 Å². The Morgan fingerprint density at radius 1 is 1.56 bits per heavy atom. The van der Waals surface area contributed by atoms with Gasteiger partial charge in [-0.25, -0.2) is 0 Å². The largest absolute Gasteiger partial charge is 0.395 e. The van der Waals surface area contributed by atoms with E-state index >= 15 is 0 Å². The van der Waals surface area contributed by atoms with Gasteiger partial charge in [-0.3, -0.25) is 4.18 Å². The first kappa shape index (κ1) is 8.83. The minimum absolute atomic E-state index is 0.373. The zero-order chi connectivity index (χ0) is 7.33. The minimum Gasteiger partial charge on any atom is -0.395 e. The van der Waals surface area contributed by atoms with E-state index in [9.17, 15) is 8.42 Å². The summed E-state index contributed by atoms with van der Waals surface area (Å²) in [5.74, 6) is -0.399. The highest BCUT2D eigenvalue weighted by atomic mass is 32.2. The maximum absolute atomic E-state index is 10.4. The smallest absolute Gasteiger partial charge is 0.270 e. The minimum atomic E-state index is -3.56. The van der Waals surface area contributed by atoms with Crippen molar-refractivity contribution in [3.8, 4) is 0 Å². The Morgan fingerprint density at radius 2 is 2.11 bits per heavy atom. The molecule has 0 rings (SSSR count). The summed E-state index contributed by atoms with van der Waals surface area (Å²) in [6.45, 7) is -0.815. The van der Waals surface area contributed by atoms with Crippen LogP contribution in [0.3, 0.4) is 0 Å². The molecule has 0 radical (unpaired) electrons. The molecule has 0 spiro atoms. The number of rotatable bonds is 4. The molecule has 0 unspecified atom stereocenters. The van der Waals surface area contributed by atoms with E-state index in [4.69, 9.17) is 10.8 Å². The van der Waals surface area contributed by atoms with Crippen LogP contribution in [0.15, 0.2) is 0 Å². The summed E-state index contributed by atoms with van der Waals surface area (Å²) in [6.07, 6.45) is 0. The molecule has 5 nitrogen and oxygen atoms in total. The number of hydrogen-bond acceptors (Lipinski definition) is 5. The van der Waals surface area contributed by atoms with E-state index in [0.717, 1.165) is 0 Å². The van der Waals surface area contributed by atoms with Crippen molar-refractivity contribution in [2.24, 2.45) is 5.73 Å². The second-order valence-electron chi connectivity index (χ2n) is 1.27. The molecule has 0 bridgehead atoms. The molecule has 9 heavy (non-hydrogen) atoms. The summed E-state index contributed by atoms with van der Waals surface area (Å²) in [5, 5.41) is 8.13. The average molecular weight is 155 g/mol. The third-order valence-corrected chi connectivity index (χ3v) is 1.77. The molecule has 0 heterocycles. The lowest BCUT2D eigenvalue weighted by Gasteiger charge is -1.98. The van der Waals surface area contributed by atoms with Gasteiger partial charge in [-0.1, -0.05) is 0 Å². The molecule has 3 N–H and O–H groups in total. The second kappa shape index (κ2) is 3.78. The third-order valence-electron chi connectivity index (χ3n) is 0.589. The van der Waals surface area contributed by atoms with Gasteiger partial charge in [0.15, 0.2) is 0 Å². The molecule has 0 aromatic rings. The van der Waals surface area contributed by atoms with Crippen LogP contribution in [0.1, 0.15) is 0 Å². The molecule has 6 heteroatoms. The van der Waals surface area contributed by atoms with E-state index in [1.165, 1.54) is 0 Å². The Balaban J connectivity index is 3.73. The average Bonchev–Trinajstić information content (AvgIpc) is 1.64. The molecule has 0 atom stereocenters. The van der Waals surface area contributed by atoms with Gasteiger partial charge in [0.25, 0.3) is 10.1 Å². The summed E-state index contributed by atoms with van der Waals surface area (Å²) in [6, 6.07) is 0. The van der Waals surface area contributed by atoms with Crippen LogP contribution in [0.5, 0.6) is 0 Å². The van der Waals surface area contributed by atoms with E-state index in [1.807, 2.05) is 0 Å². The molecule has 56 valence electrons. The maximum atomic E-state index is 10.4. The maximum Gasteiger partial charge on any atom is 0.270 e. The van der Waals surface area contributed by atoms with E-state index < -0.39 is 22.5 Å². The van der Waals surface area contributed by atoms with Gasteiger partial charge in [-0.2, -0.15) is 8.42 Å². The van der Waals surface area contributed by atoms with Crippen molar-refractivity contribution in [3.63, 3.8) is 0 Å². The molecule has 0 aromatic carbocycles. The standard InChI is InChI=1S/C3H9NO4S/c4-3-8-9(6,7)2-1-5/h5H,1-4H2. The van der Waals surface area contributed by atoms with Crippen LogP contribution in [0.25, 0.3) is 0 Å². The van der Waals surface area contributed by atoms with Crippen LogP contribution in [0.4, 0.5) is 0 Å². The van der Waals surface area contributed by atoms with Gasteiger partial charge in [0, 0.05) is 0 Å². The first-order valence-corrected chi connectivity index (χ1v) is 3.88. The number of aliphatic hydroxyl groups excluding tert-OH is 1. The second-order valence-corrected chi connectivity index (χ2v) is 3.03. The Hall–Kier alpha value is -0.170. The van der Waals surface area contributed by atoms with Crippen LogP contribution in [0.2, 0.25) is 0 Å². The molecule has 0 saturated heterocycles. The molecule has 0 aromatic heterocycles. The first-order valence-electron chi connectivity index (χ1n) is 2.30. The fraction of sp³-hybridized carbons (Fsp3) is 1.00. The van der Waals surface area contributed by atoms with E-state index in [2.05, 4.69) is 4.18 Å². The fourth-order valence-corrected chi connectivity index (χ4v) is 0.823. The zero-order valence-corrected chi connectivity index (χ0v) is 5.60. The Bertz CT molecular complexity index is 139. The lowest BCUT2D eigenvalue weighted by Crippen LogP contribution is -2.17. The van der Waals surface area contributed by atoms with Gasteiger partial charge in [-0.15, -0.1) is 0 Å². The Labute approximate surface area is 53.6 Å². The summed E-state index contributed by atoms with van der Waals surface area (Å²) >= 11 is 0. The molecule has 0 saturated carbocycles. The van der Waals surface area contributed by atoms with Crippen molar-refractivity contribution in [2.75, 3.05) is 19.1 Å².